The molecule has 0 saturated heterocycles. The zero-order valence-electron chi connectivity index (χ0n) is 24.1. The van der Waals surface area contributed by atoms with Crippen molar-refractivity contribution in [2.75, 3.05) is 26.2 Å². The van der Waals surface area contributed by atoms with Crippen molar-refractivity contribution >= 4 is 44.6 Å². The Morgan fingerprint density at radius 2 is 1.11 bits per heavy atom. The SMILES string of the molecule is CCC.O=C(O)CN(CCN(CC(=O)O)[C@H](C(=O)O)c1ccccc1O)C(C(=O)O)c1cc(S(=O)(=O)O)ccc1O.O=S(=O)=O.[Mn+2]. The van der Waals surface area contributed by atoms with Crippen LogP contribution in [0.3, 0.4) is 0 Å². The molecule has 2 rings (SSSR count). The minimum atomic E-state index is -4.85. The fourth-order valence-corrected chi connectivity index (χ4v) is 4.32. The number of benzene rings is 2. The number of rotatable bonds is 14. The van der Waals surface area contributed by atoms with Gasteiger partial charge in [-0.25, -0.2) is 0 Å². The third-order valence-corrected chi connectivity index (χ3v) is 6.22. The van der Waals surface area contributed by atoms with E-state index in [-0.39, 0.29) is 22.6 Å². The molecule has 255 valence electrons. The van der Waals surface area contributed by atoms with Crippen LogP contribution >= 0.6 is 0 Å². The molecule has 2 atom stereocenters. The number of aliphatic carboxylic acids is 4. The summed E-state index contributed by atoms with van der Waals surface area (Å²) in [4.78, 5) is 48.1. The zero-order valence-corrected chi connectivity index (χ0v) is 26.9. The first-order valence-electron chi connectivity index (χ1n) is 12.5. The number of aromatic hydroxyl groups is 2. The average Bonchev–Trinajstić information content (AvgIpc) is 2.88. The molecule has 0 aliphatic carbocycles. The van der Waals surface area contributed by atoms with Crippen LogP contribution in [0.25, 0.3) is 0 Å². The molecular formula is C25H32MnN2O16S2+2. The predicted molar refractivity (Wildman–Crippen MR) is 151 cm³/mol. The second-order valence-electron chi connectivity index (χ2n) is 8.88. The summed E-state index contributed by atoms with van der Waals surface area (Å²) in [5.74, 6) is -7.56. The quantitative estimate of drug-likeness (QED) is 0.102. The molecule has 46 heavy (non-hydrogen) atoms. The van der Waals surface area contributed by atoms with Crippen LogP contribution in [0.4, 0.5) is 0 Å². The molecule has 1 radical (unpaired) electrons. The van der Waals surface area contributed by atoms with Gasteiger partial charge < -0.3 is 30.6 Å². The van der Waals surface area contributed by atoms with E-state index in [1.165, 1.54) is 30.7 Å². The first-order valence-corrected chi connectivity index (χ1v) is 14.9. The van der Waals surface area contributed by atoms with E-state index in [1.54, 1.807) is 0 Å². The first kappa shape index (κ1) is 44.0. The summed E-state index contributed by atoms with van der Waals surface area (Å²) in [6.07, 6.45) is 1.25. The maximum absolute atomic E-state index is 12.2. The van der Waals surface area contributed by atoms with Crippen molar-refractivity contribution in [2.45, 2.75) is 37.2 Å². The molecule has 0 aliphatic heterocycles. The molecule has 0 bridgehead atoms. The molecule has 2 aromatic carbocycles. The standard InChI is InChI=1S/C22H24N2O13S.C3H8.Mn.O3S/c25-15-4-2-1-3-13(15)19(21(31)32)23(10-17(27)28)7-8-24(11-18(29)30)20(22(33)34)14-9-12(38(35,36)37)5-6-16(14)26;1-3-2;;1-4(2)3/h1-6,9,19-20,25-26H,7-8,10-11H2,(H,27,28)(H,29,30)(H,31,32)(H,33,34)(H,35,36,37);3H2,1-2H3;;/q;;+2;/t19-,20?;;;/m0.../s1. The van der Waals surface area contributed by atoms with Gasteiger partial charge in [0.25, 0.3) is 10.1 Å². The van der Waals surface area contributed by atoms with E-state index < -0.39 is 105 Å². The molecule has 0 saturated carbocycles. The van der Waals surface area contributed by atoms with Crippen LogP contribution in [0.15, 0.2) is 47.4 Å². The summed E-state index contributed by atoms with van der Waals surface area (Å²) in [6.45, 7) is 1.16. The smallest absolute Gasteiger partial charge is 0.508 e. The Morgan fingerprint density at radius 1 is 0.739 bits per heavy atom. The normalized spacial score (nSPS) is 11.8. The minimum Gasteiger partial charge on any atom is -0.508 e. The molecule has 0 heterocycles. The Hall–Kier alpha value is -4.11. The molecular weight excluding hydrogens is 703 g/mol. The predicted octanol–water partition coefficient (Wildman–Crippen LogP) is 0.479. The van der Waals surface area contributed by atoms with Gasteiger partial charge in [-0.15, -0.1) is 12.6 Å². The van der Waals surface area contributed by atoms with E-state index in [0.717, 1.165) is 21.9 Å². The van der Waals surface area contributed by atoms with E-state index in [2.05, 4.69) is 13.8 Å². The molecule has 1 unspecified atom stereocenters. The summed E-state index contributed by atoms with van der Waals surface area (Å²) in [7, 11) is -7.96. The van der Waals surface area contributed by atoms with Crippen LogP contribution < -0.4 is 0 Å². The van der Waals surface area contributed by atoms with Gasteiger partial charge in [-0.1, -0.05) is 38.5 Å². The van der Waals surface area contributed by atoms with E-state index in [9.17, 15) is 62.8 Å². The van der Waals surface area contributed by atoms with Crippen LogP contribution in [-0.4, -0.2) is 116 Å². The van der Waals surface area contributed by atoms with E-state index in [0.29, 0.717) is 6.07 Å². The van der Waals surface area contributed by atoms with Gasteiger partial charge in [-0.2, -0.15) is 8.42 Å². The largest absolute Gasteiger partial charge is 2.00 e. The van der Waals surface area contributed by atoms with Crippen molar-refractivity contribution < 1.29 is 92.5 Å². The molecule has 0 aromatic heterocycles. The number of carbonyl (C=O) groups is 4. The van der Waals surface area contributed by atoms with Gasteiger partial charge in [0.05, 0.1) is 18.0 Å². The van der Waals surface area contributed by atoms with Crippen LogP contribution in [0, 0.1) is 0 Å². The van der Waals surface area contributed by atoms with Gasteiger partial charge in [-0.3, -0.25) is 33.5 Å². The Bertz CT molecular complexity index is 1560. The van der Waals surface area contributed by atoms with E-state index >= 15 is 0 Å². The second-order valence-corrected chi connectivity index (χ2v) is 10.7. The number of phenolic OH excluding ortho intramolecular Hbond substituents is 2. The van der Waals surface area contributed by atoms with Gasteiger partial charge in [0.1, 0.15) is 23.6 Å². The van der Waals surface area contributed by atoms with Crippen molar-refractivity contribution in [1.29, 1.82) is 0 Å². The van der Waals surface area contributed by atoms with Gasteiger partial charge >= 0.3 is 51.6 Å². The summed E-state index contributed by atoms with van der Waals surface area (Å²) in [6, 6.07) is 3.64. The van der Waals surface area contributed by atoms with Gasteiger partial charge in [-0.05, 0) is 24.3 Å². The van der Waals surface area contributed by atoms with Crippen LogP contribution in [0.2, 0.25) is 0 Å². The van der Waals surface area contributed by atoms with Crippen molar-refractivity contribution in [1.82, 2.24) is 9.80 Å². The van der Waals surface area contributed by atoms with Crippen molar-refractivity contribution in [3.05, 3.63) is 53.6 Å². The Labute approximate surface area is 274 Å². The van der Waals surface area contributed by atoms with Crippen molar-refractivity contribution in [2.24, 2.45) is 0 Å². The Morgan fingerprint density at radius 3 is 1.46 bits per heavy atom. The van der Waals surface area contributed by atoms with E-state index in [4.69, 9.17) is 12.6 Å². The maximum Gasteiger partial charge on any atom is 2.00 e. The molecule has 0 aliphatic rings. The van der Waals surface area contributed by atoms with Crippen LogP contribution in [0.5, 0.6) is 11.5 Å². The molecule has 18 nitrogen and oxygen atoms in total. The minimum absolute atomic E-state index is 0. The van der Waals surface area contributed by atoms with Gasteiger partial charge in [0.15, 0.2) is 0 Å². The third-order valence-electron chi connectivity index (χ3n) is 5.37. The van der Waals surface area contributed by atoms with Crippen LogP contribution in [0.1, 0.15) is 43.5 Å². The van der Waals surface area contributed by atoms with Gasteiger partial charge in [0.2, 0.25) is 0 Å². The summed E-state index contributed by atoms with van der Waals surface area (Å²) < 4.78 is 57.7. The number of hydrogen-bond donors (Lipinski definition) is 7. The third kappa shape index (κ3) is 15.3. The molecule has 21 heteroatoms. The molecule has 0 amide bonds. The number of hydrogen-bond acceptors (Lipinski definition) is 13. The molecule has 0 fully saturated rings. The summed E-state index contributed by atoms with van der Waals surface area (Å²) in [5, 5.41) is 58.7. The monoisotopic (exact) mass is 735 g/mol. The number of carboxylic acids is 4. The van der Waals surface area contributed by atoms with Crippen LogP contribution in [-0.2, 0) is 57.0 Å². The number of carboxylic acid groups (broad SMARTS) is 4. The fraction of sp³-hybridized carbons (Fsp3) is 0.360. The average molecular weight is 736 g/mol. The van der Waals surface area contributed by atoms with Crippen molar-refractivity contribution in [3.63, 3.8) is 0 Å². The summed E-state index contributed by atoms with van der Waals surface area (Å²) in [5.41, 5.74) is -0.784. The summed E-state index contributed by atoms with van der Waals surface area (Å²) >= 11 is 0. The van der Waals surface area contributed by atoms with E-state index in [1.807, 2.05) is 0 Å². The van der Waals surface area contributed by atoms with Gasteiger partial charge in [0, 0.05) is 24.2 Å². The zero-order chi connectivity index (χ0) is 35.1. The Kier molecular flexibility index (Phi) is 19.9. The Balaban J connectivity index is 0. The topological polar surface area (TPSA) is 302 Å². The van der Waals surface area contributed by atoms with Crippen molar-refractivity contribution in [3.8, 4) is 11.5 Å². The molecule has 0 spiro atoms. The fourth-order valence-electron chi connectivity index (χ4n) is 3.81. The molecule has 7 N–H and O–H groups in total. The second kappa shape index (κ2) is 20.8. The number of para-hydroxylation sites is 1. The maximum atomic E-state index is 12.2. The number of phenols is 2. The number of nitrogens with zero attached hydrogens (tertiary/aromatic N) is 2. The molecule has 2 aromatic rings. The first-order chi connectivity index (χ1) is 20.8.